The van der Waals surface area contributed by atoms with Gasteiger partial charge >= 0.3 is 0 Å². The van der Waals surface area contributed by atoms with Crippen LogP contribution in [-0.4, -0.2) is 31.1 Å². The van der Waals surface area contributed by atoms with Crippen LogP contribution in [0.5, 0.6) is 5.75 Å². The summed E-state index contributed by atoms with van der Waals surface area (Å²) in [5, 5.41) is 0. The fourth-order valence-corrected chi connectivity index (χ4v) is 2.03. The Hall–Kier alpha value is -0.740. The van der Waals surface area contributed by atoms with Crippen molar-refractivity contribution in [2.45, 2.75) is 18.9 Å². The smallest absolute Gasteiger partial charge is 0.142 e. The van der Waals surface area contributed by atoms with Crippen LogP contribution in [0.2, 0.25) is 0 Å². The molecular formula is C12H17BrN2O. The minimum Gasteiger partial charge on any atom is -0.490 e. The van der Waals surface area contributed by atoms with Gasteiger partial charge in [-0.25, -0.2) is 0 Å². The number of hydrogen-bond acceptors (Lipinski definition) is 3. The van der Waals surface area contributed by atoms with E-state index >= 15 is 0 Å². The number of halogens is 1. The molecule has 0 amide bonds. The monoisotopic (exact) mass is 284 g/mol. The van der Waals surface area contributed by atoms with E-state index in [1.807, 2.05) is 18.2 Å². The highest BCUT2D eigenvalue weighted by atomic mass is 79.9. The normalized spacial score (nSPS) is 15.4. The zero-order valence-electron chi connectivity index (χ0n) is 9.45. The molecule has 0 aromatic heterocycles. The molecule has 2 rings (SSSR count). The molecule has 0 unspecified atom stereocenters. The third kappa shape index (κ3) is 3.12. The van der Waals surface area contributed by atoms with Gasteiger partial charge in [0.2, 0.25) is 0 Å². The van der Waals surface area contributed by atoms with E-state index in [1.54, 1.807) is 0 Å². The first kappa shape index (κ1) is 11.7. The summed E-state index contributed by atoms with van der Waals surface area (Å²) in [4.78, 5) is 2.34. The SMILES string of the molecule is CN(CCOc1ccc(Br)cc1N)C1CC1. The molecule has 88 valence electrons. The lowest BCUT2D eigenvalue weighted by molar-refractivity contribution is 0.232. The van der Waals surface area contributed by atoms with Crippen LogP contribution in [0, 0.1) is 0 Å². The van der Waals surface area contributed by atoms with E-state index in [4.69, 9.17) is 10.5 Å². The Bertz CT molecular complexity index is 366. The molecule has 0 bridgehead atoms. The van der Waals surface area contributed by atoms with Gasteiger partial charge in [0.25, 0.3) is 0 Å². The van der Waals surface area contributed by atoms with Gasteiger partial charge in [0, 0.05) is 17.1 Å². The van der Waals surface area contributed by atoms with Gasteiger partial charge in [-0.15, -0.1) is 0 Å². The summed E-state index contributed by atoms with van der Waals surface area (Å²) in [5.41, 5.74) is 6.53. The molecule has 16 heavy (non-hydrogen) atoms. The quantitative estimate of drug-likeness (QED) is 0.845. The summed E-state index contributed by atoms with van der Waals surface area (Å²) in [6.45, 7) is 1.65. The summed E-state index contributed by atoms with van der Waals surface area (Å²) < 4.78 is 6.63. The Morgan fingerprint density at radius 1 is 1.50 bits per heavy atom. The maximum Gasteiger partial charge on any atom is 0.142 e. The van der Waals surface area contributed by atoms with Crippen LogP contribution in [0.25, 0.3) is 0 Å². The lowest BCUT2D eigenvalue weighted by Gasteiger charge is -2.16. The highest BCUT2D eigenvalue weighted by Gasteiger charge is 2.25. The molecule has 0 heterocycles. The van der Waals surface area contributed by atoms with Crippen molar-refractivity contribution >= 4 is 21.6 Å². The molecule has 1 aromatic rings. The topological polar surface area (TPSA) is 38.5 Å². The maximum atomic E-state index is 5.84. The Labute approximate surface area is 105 Å². The fraction of sp³-hybridized carbons (Fsp3) is 0.500. The van der Waals surface area contributed by atoms with Crippen molar-refractivity contribution in [3.05, 3.63) is 22.7 Å². The van der Waals surface area contributed by atoms with E-state index in [1.165, 1.54) is 12.8 Å². The van der Waals surface area contributed by atoms with E-state index < -0.39 is 0 Å². The summed E-state index contributed by atoms with van der Waals surface area (Å²) in [6, 6.07) is 6.48. The summed E-state index contributed by atoms with van der Waals surface area (Å²) in [7, 11) is 2.14. The lowest BCUT2D eigenvalue weighted by atomic mass is 10.3. The number of likely N-dealkylation sites (N-methyl/N-ethyl adjacent to an activating group) is 1. The molecule has 0 aliphatic heterocycles. The third-order valence-electron chi connectivity index (χ3n) is 2.84. The first-order valence-electron chi connectivity index (χ1n) is 5.55. The molecule has 1 fully saturated rings. The average molecular weight is 285 g/mol. The molecule has 1 aliphatic rings. The Kier molecular flexibility index (Phi) is 3.71. The molecule has 1 aromatic carbocycles. The predicted molar refractivity (Wildman–Crippen MR) is 69.7 cm³/mol. The van der Waals surface area contributed by atoms with E-state index in [0.29, 0.717) is 12.3 Å². The van der Waals surface area contributed by atoms with Crippen molar-refractivity contribution in [2.75, 3.05) is 25.9 Å². The van der Waals surface area contributed by atoms with E-state index in [0.717, 1.165) is 22.8 Å². The molecule has 0 saturated heterocycles. The highest BCUT2D eigenvalue weighted by molar-refractivity contribution is 9.10. The average Bonchev–Trinajstić information content (AvgIpc) is 3.04. The minimum absolute atomic E-state index is 0.684. The van der Waals surface area contributed by atoms with Gasteiger partial charge in [0.15, 0.2) is 0 Å². The van der Waals surface area contributed by atoms with Crippen LogP contribution < -0.4 is 10.5 Å². The van der Waals surface area contributed by atoms with E-state index in [-0.39, 0.29) is 0 Å². The summed E-state index contributed by atoms with van der Waals surface area (Å²) in [6.07, 6.45) is 2.66. The number of nitrogens with two attached hydrogens (primary N) is 1. The van der Waals surface area contributed by atoms with Gasteiger partial charge in [0.05, 0.1) is 5.69 Å². The maximum absolute atomic E-state index is 5.84. The number of nitrogens with zero attached hydrogens (tertiary/aromatic N) is 1. The highest BCUT2D eigenvalue weighted by Crippen LogP contribution is 2.26. The van der Waals surface area contributed by atoms with Crippen LogP contribution in [0.4, 0.5) is 5.69 Å². The van der Waals surface area contributed by atoms with E-state index in [2.05, 4.69) is 27.9 Å². The number of hydrogen-bond donors (Lipinski definition) is 1. The molecule has 0 atom stereocenters. The standard InChI is InChI=1S/C12H17BrN2O/c1-15(10-3-4-10)6-7-16-12-5-2-9(13)8-11(12)14/h2,5,8,10H,3-4,6-7,14H2,1H3. The Balaban J connectivity index is 1.80. The Morgan fingerprint density at radius 3 is 2.88 bits per heavy atom. The number of nitrogen functional groups attached to an aromatic ring is 1. The van der Waals surface area contributed by atoms with Gasteiger partial charge < -0.3 is 15.4 Å². The number of rotatable bonds is 5. The molecule has 2 N–H and O–H groups in total. The van der Waals surface area contributed by atoms with E-state index in [9.17, 15) is 0 Å². The Morgan fingerprint density at radius 2 is 2.25 bits per heavy atom. The van der Waals surface area contributed by atoms with Crippen LogP contribution in [0.15, 0.2) is 22.7 Å². The van der Waals surface area contributed by atoms with Gasteiger partial charge in [0.1, 0.15) is 12.4 Å². The van der Waals surface area contributed by atoms with Gasteiger partial charge in [-0.3, -0.25) is 0 Å². The van der Waals surface area contributed by atoms with Gasteiger partial charge in [-0.05, 0) is 38.1 Å². The van der Waals surface area contributed by atoms with Gasteiger partial charge in [-0.2, -0.15) is 0 Å². The zero-order chi connectivity index (χ0) is 11.5. The van der Waals surface area contributed by atoms with Crippen LogP contribution in [0.3, 0.4) is 0 Å². The van der Waals surface area contributed by atoms with Gasteiger partial charge in [-0.1, -0.05) is 15.9 Å². The lowest BCUT2D eigenvalue weighted by Crippen LogP contribution is -2.26. The largest absolute Gasteiger partial charge is 0.490 e. The zero-order valence-corrected chi connectivity index (χ0v) is 11.0. The van der Waals surface area contributed by atoms with Crippen molar-refractivity contribution in [3.63, 3.8) is 0 Å². The van der Waals surface area contributed by atoms with Crippen LogP contribution in [0.1, 0.15) is 12.8 Å². The first-order valence-corrected chi connectivity index (χ1v) is 6.34. The second-order valence-corrected chi connectivity index (χ2v) is 5.16. The number of ether oxygens (including phenoxy) is 1. The predicted octanol–water partition coefficient (Wildman–Crippen LogP) is 2.50. The summed E-state index contributed by atoms with van der Waals surface area (Å²) in [5.74, 6) is 0.771. The van der Waals surface area contributed by atoms with Crippen LogP contribution >= 0.6 is 15.9 Å². The molecule has 1 saturated carbocycles. The second-order valence-electron chi connectivity index (χ2n) is 4.24. The molecule has 4 heteroatoms. The summed E-state index contributed by atoms with van der Waals surface area (Å²) >= 11 is 3.37. The van der Waals surface area contributed by atoms with Crippen LogP contribution in [-0.2, 0) is 0 Å². The molecule has 0 spiro atoms. The van der Waals surface area contributed by atoms with Crippen molar-refractivity contribution in [1.82, 2.24) is 4.90 Å². The molecule has 3 nitrogen and oxygen atoms in total. The van der Waals surface area contributed by atoms with Crippen molar-refractivity contribution in [2.24, 2.45) is 0 Å². The van der Waals surface area contributed by atoms with Crippen molar-refractivity contribution in [1.29, 1.82) is 0 Å². The molecule has 1 aliphatic carbocycles. The minimum atomic E-state index is 0.684. The molecular weight excluding hydrogens is 268 g/mol. The second kappa shape index (κ2) is 5.06. The van der Waals surface area contributed by atoms with Crippen molar-refractivity contribution < 1.29 is 4.74 Å². The molecule has 0 radical (unpaired) electrons. The number of benzene rings is 1. The first-order chi connectivity index (χ1) is 7.66. The fourth-order valence-electron chi connectivity index (χ4n) is 1.65. The number of anilines is 1. The van der Waals surface area contributed by atoms with Crippen molar-refractivity contribution in [3.8, 4) is 5.75 Å². The third-order valence-corrected chi connectivity index (χ3v) is 3.34.